The second-order valence-electron chi connectivity index (χ2n) is 5.47. The zero-order valence-corrected chi connectivity index (χ0v) is 15.8. The quantitative estimate of drug-likeness (QED) is 0.560. The van der Waals surface area contributed by atoms with Crippen molar-refractivity contribution in [1.29, 1.82) is 0 Å². The molecule has 0 unspecified atom stereocenters. The first-order chi connectivity index (χ1) is 11.9. The lowest BCUT2D eigenvalue weighted by Gasteiger charge is -2.08. The summed E-state index contributed by atoms with van der Waals surface area (Å²) in [6.07, 6.45) is 4.09. The van der Waals surface area contributed by atoms with E-state index in [4.69, 9.17) is 4.74 Å². The normalized spacial score (nSPS) is 11.1. The Morgan fingerprint density at radius 3 is 2.28 bits per heavy atom. The Labute approximate surface area is 152 Å². The van der Waals surface area contributed by atoms with Crippen LogP contribution in [0.2, 0.25) is 0 Å². The summed E-state index contributed by atoms with van der Waals surface area (Å²) in [6.45, 7) is 0.386. The SMILES string of the molecule is CSc1ccc(NC(=O)CCCOc2ccc(S(C)(=O)=O)cc2)cc1. The summed E-state index contributed by atoms with van der Waals surface area (Å²) in [5.74, 6) is 0.522. The summed E-state index contributed by atoms with van der Waals surface area (Å²) in [7, 11) is -3.20. The van der Waals surface area contributed by atoms with Crippen LogP contribution in [0.25, 0.3) is 0 Å². The molecular formula is C18H21NO4S2. The fourth-order valence-electron chi connectivity index (χ4n) is 2.10. The maximum absolute atomic E-state index is 11.9. The van der Waals surface area contributed by atoms with Gasteiger partial charge in [-0.3, -0.25) is 4.79 Å². The van der Waals surface area contributed by atoms with Crippen molar-refractivity contribution < 1.29 is 17.9 Å². The van der Waals surface area contributed by atoms with Crippen LogP contribution in [0.3, 0.4) is 0 Å². The van der Waals surface area contributed by atoms with Crippen molar-refractivity contribution >= 4 is 33.2 Å². The van der Waals surface area contributed by atoms with Crippen LogP contribution >= 0.6 is 11.8 Å². The number of amides is 1. The molecule has 0 aliphatic heterocycles. The number of sulfone groups is 1. The molecule has 2 aromatic rings. The molecule has 0 saturated carbocycles. The molecule has 0 aromatic heterocycles. The van der Waals surface area contributed by atoms with E-state index in [0.717, 1.165) is 16.8 Å². The van der Waals surface area contributed by atoms with Gasteiger partial charge in [-0.15, -0.1) is 11.8 Å². The van der Waals surface area contributed by atoms with Gasteiger partial charge in [0, 0.05) is 23.3 Å². The smallest absolute Gasteiger partial charge is 0.224 e. The maximum atomic E-state index is 11.9. The minimum atomic E-state index is -3.20. The minimum absolute atomic E-state index is 0.0621. The van der Waals surface area contributed by atoms with E-state index in [-0.39, 0.29) is 10.8 Å². The van der Waals surface area contributed by atoms with E-state index in [0.29, 0.717) is 25.2 Å². The standard InChI is InChI=1S/C18H21NO4S2/c1-24-16-9-5-14(6-10-16)19-18(20)4-3-13-23-15-7-11-17(12-8-15)25(2,21)22/h5-12H,3-4,13H2,1-2H3,(H,19,20). The molecular weight excluding hydrogens is 358 g/mol. The Morgan fingerprint density at radius 1 is 1.08 bits per heavy atom. The van der Waals surface area contributed by atoms with Gasteiger partial charge in [0.1, 0.15) is 5.75 Å². The molecule has 0 atom stereocenters. The fourth-order valence-corrected chi connectivity index (χ4v) is 3.14. The number of carbonyl (C=O) groups is 1. The number of anilines is 1. The van der Waals surface area contributed by atoms with E-state index < -0.39 is 9.84 Å². The van der Waals surface area contributed by atoms with Gasteiger partial charge in [0.25, 0.3) is 0 Å². The highest BCUT2D eigenvalue weighted by molar-refractivity contribution is 7.98. The van der Waals surface area contributed by atoms with E-state index in [1.54, 1.807) is 23.9 Å². The van der Waals surface area contributed by atoms with Crippen molar-refractivity contribution in [1.82, 2.24) is 0 Å². The number of carbonyl (C=O) groups excluding carboxylic acids is 1. The molecule has 0 saturated heterocycles. The number of hydrogen-bond donors (Lipinski definition) is 1. The molecule has 0 aliphatic carbocycles. The third-order valence-corrected chi connectivity index (χ3v) is 5.31. The average Bonchev–Trinajstić information content (AvgIpc) is 2.59. The average molecular weight is 380 g/mol. The Kier molecular flexibility index (Phi) is 6.90. The predicted octanol–water partition coefficient (Wildman–Crippen LogP) is 3.61. The Morgan fingerprint density at radius 2 is 1.72 bits per heavy atom. The molecule has 134 valence electrons. The second-order valence-corrected chi connectivity index (χ2v) is 8.37. The van der Waals surface area contributed by atoms with Crippen molar-refractivity contribution in [3.8, 4) is 5.75 Å². The molecule has 0 fully saturated rings. The first-order valence-electron chi connectivity index (χ1n) is 7.75. The summed E-state index contributed by atoms with van der Waals surface area (Å²) < 4.78 is 28.3. The van der Waals surface area contributed by atoms with E-state index >= 15 is 0 Å². The zero-order valence-electron chi connectivity index (χ0n) is 14.2. The van der Waals surface area contributed by atoms with Crippen LogP contribution in [0, 0.1) is 0 Å². The number of nitrogens with one attached hydrogen (secondary N) is 1. The first kappa shape index (κ1) is 19.3. The topological polar surface area (TPSA) is 72.5 Å². The van der Waals surface area contributed by atoms with Gasteiger partial charge in [-0.1, -0.05) is 0 Å². The fraction of sp³-hybridized carbons (Fsp3) is 0.278. The van der Waals surface area contributed by atoms with Gasteiger partial charge in [0.15, 0.2) is 9.84 Å². The number of thioether (sulfide) groups is 1. The van der Waals surface area contributed by atoms with Gasteiger partial charge >= 0.3 is 0 Å². The first-order valence-corrected chi connectivity index (χ1v) is 10.9. The maximum Gasteiger partial charge on any atom is 0.224 e. The molecule has 2 aromatic carbocycles. The molecule has 0 aliphatic rings. The van der Waals surface area contributed by atoms with Crippen LogP contribution < -0.4 is 10.1 Å². The third kappa shape index (κ3) is 6.43. The van der Waals surface area contributed by atoms with Crippen LogP contribution in [-0.4, -0.2) is 33.4 Å². The monoisotopic (exact) mass is 379 g/mol. The molecule has 0 radical (unpaired) electrons. The summed E-state index contributed by atoms with van der Waals surface area (Å²) in [6, 6.07) is 13.9. The second kappa shape index (κ2) is 8.92. The van der Waals surface area contributed by atoms with Crippen molar-refractivity contribution in [2.24, 2.45) is 0 Å². The van der Waals surface area contributed by atoms with Gasteiger partial charge in [-0.2, -0.15) is 0 Å². The third-order valence-electron chi connectivity index (χ3n) is 3.44. The predicted molar refractivity (Wildman–Crippen MR) is 101 cm³/mol. The van der Waals surface area contributed by atoms with Crippen molar-refractivity contribution in [3.05, 3.63) is 48.5 Å². The van der Waals surface area contributed by atoms with Gasteiger partial charge in [-0.05, 0) is 61.2 Å². The summed E-state index contributed by atoms with van der Waals surface area (Å²) in [5, 5.41) is 2.85. The van der Waals surface area contributed by atoms with Crippen molar-refractivity contribution in [2.75, 3.05) is 24.4 Å². The van der Waals surface area contributed by atoms with Crippen LogP contribution in [0.5, 0.6) is 5.75 Å². The summed E-state index contributed by atoms with van der Waals surface area (Å²) >= 11 is 1.65. The Hall–Kier alpha value is -1.99. The summed E-state index contributed by atoms with van der Waals surface area (Å²) in [5.41, 5.74) is 0.778. The highest BCUT2D eigenvalue weighted by atomic mass is 32.2. The van der Waals surface area contributed by atoms with E-state index in [1.165, 1.54) is 12.1 Å². The zero-order chi connectivity index (χ0) is 18.3. The molecule has 7 heteroatoms. The largest absolute Gasteiger partial charge is 0.494 e. The van der Waals surface area contributed by atoms with Gasteiger partial charge in [-0.25, -0.2) is 8.42 Å². The van der Waals surface area contributed by atoms with Crippen molar-refractivity contribution in [2.45, 2.75) is 22.6 Å². The van der Waals surface area contributed by atoms with E-state index in [1.807, 2.05) is 30.5 Å². The molecule has 25 heavy (non-hydrogen) atoms. The summed E-state index contributed by atoms with van der Waals surface area (Å²) in [4.78, 5) is 13.3. The number of benzene rings is 2. The molecule has 0 spiro atoms. The lowest BCUT2D eigenvalue weighted by Crippen LogP contribution is -2.12. The molecule has 5 nitrogen and oxygen atoms in total. The van der Waals surface area contributed by atoms with E-state index in [9.17, 15) is 13.2 Å². The van der Waals surface area contributed by atoms with Crippen molar-refractivity contribution in [3.63, 3.8) is 0 Å². The van der Waals surface area contributed by atoms with Crippen LogP contribution in [0.15, 0.2) is 58.3 Å². The van der Waals surface area contributed by atoms with Gasteiger partial charge < -0.3 is 10.1 Å². The van der Waals surface area contributed by atoms with Gasteiger partial charge in [0.05, 0.1) is 11.5 Å². The number of hydrogen-bond acceptors (Lipinski definition) is 5. The highest BCUT2D eigenvalue weighted by Crippen LogP contribution is 2.18. The van der Waals surface area contributed by atoms with Crippen LogP contribution in [0.4, 0.5) is 5.69 Å². The molecule has 1 amide bonds. The number of rotatable bonds is 8. The molecule has 0 bridgehead atoms. The van der Waals surface area contributed by atoms with Crippen LogP contribution in [-0.2, 0) is 14.6 Å². The molecule has 2 rings (SSSR count). The minimum Gasteiger partial charge on any atom is -0.494 e. The number of ether oxygens (including phenoxy) is 1. The highest BCUT2D eigenvalue weighted by Gasteiger charge is 2.07. The Balaban J connectivity index is 1.72. The van der Waals surface area contributed by atoms with E-state index in [2.05, 4.69) is 5.32 Å². The Bertz CT molecular complexity index is 800. The lowest BCUT2D eigenvalue weighted by molar-refractivity contribution is -0.116. The molecule has 0 heterocycles. The van der Waals surface area contributed by atoms with Crippen LogP contribution in [0.1, 0.15) is 12.8 Å². The van der Waals surface area contributed by atoms with Gasteiger partial charge in [0.2, 0.25) is 5.91 Å². The molecule has 1 N–H and O–H groups in total. The lowest BCUT2D eigenvalue weighted by atomic mass is 10.2.